The molecule has 0 bridgehead atoms. The first kappa shape index (κ1) is 14.0. The Balaban J connectivity index is 0. The van der Waals surface area contributed by atoms with E-state index in [2.05, 4.69) is 6.58 Å². The Bertz CT molecular complexity index is 150. The molecule has 0 amide bonds. The summed E-state index contributed by atoms with van der Waals surface area (Å²) in [6.45, 7) is 5.71. The van der Waals surface area contributed by atoms with Crippen LogP contribution in [-0.2, 0) is 4.79 Å². The number of aliphatic carboxylic acids is 1. The molecule has 4 nitrogen and oxygen atoms in total. The van der Waals surface area contributed by atoms with Crippen LogP contribution in [0.25, 0.3) is 0 Å². The Labute approximate surface area is 78.4 Å². The van der Waals surface area contributed by atoms with Gasteiger partial charge in [0, 0.05) is 6.54 Å². The van der Waals surface area contributed by atoms with Gasteiger partial charge in [0.25, 0.3) is 0 Å². The SMILES string of the molecule is C=CCN(CC(=O)O)C(C)N.Cl. The van der Waals surface area contributed by atoms with Crippen molar-refractivity contribution in [2.45, 2.75) is 13.1 Å². The van der Waals surface area contributed by atoms with Crippen molar-refractivity contribution < 1.29 is 9.90 Å². The van der Waals surface area contributed by atoms with Gasteiger partial charge in [-0.15, -0.1) is 19.0 Å². The molecule has 1 unspecified atom stereocenters. The molecule has 0 spiro atoms. The Morgan fingerprint density at radius 2 is 2.33 bits per heavy atom. The van der Waals surface area contributed by atoms with Crippen LogP contribution >= 0.6 is 12.4 Å². The van der Waals surface area contributed by atoms with E-state index in [1.54, 1.807) is 17.9 Å². The lowest BCUT2D eigenvalue weighted by Crippen LogP contribution is -2.42. The third-order valence-electron chi connectivity index (χ3n) is 1.28. The van der Waals surface area contributed by atoms with Crippen molar-refractivity contribution in [1.29, 1.82) is 0 Å². The Morgan fingerprint density at radius 1 is 1.83 bits per heavy atom. The van der Waals surface area contributed by atoms with Crippen molar-refractivity contribution in [3.05, 3.63) is 12.7 Å². The summed E-state index contributed by atoms with van der Waals surface area (Å²) in [7, 11) is 0. The highest BCUT2D eigenvalue weighted by molar-refractivity contribution is 5.85. The fourth-order valence-corrected chi connectivity index (χ4v) is 0.714. The van der Waals surface area contributed by atoms with Crippen LogP contribution in [0.15, 0.2) is 12.7 Å². The van der Waals surface area contributed by atoms with E-state index in [0.717, 1.165) is 0 Å². The maximum absolute atomic E-state index is 10.3. The van der Waals surface area contributed by atoms with Crippen molar-refractivity contribution in [2.75, 3.05) is 13.1 Å². The largest absolute Gasteiger partial charge is 0.480 e. The molecular formula is C7H15ClN2O2. The van der Waals surface area contributed by atoms with Crippen molar-refractivity contribution in [2.24, 2.45) is 5.73 Å². The number of rotatable bonds is 5. The zero-order valence-electron chi connectivity index (χ0n) is 7.06. The third-order valence-corrected chi connectivity index (χ3v) is 1.28. The molecule has 72 valence electrons. The molecule has 0 rings (SSSR count). The molecule has 0 fully saturated rings. The van der Waals surface area contributed by atoms with E-state index < -0.39 is 5.97 Å². The lowest BCUT2D eigenvalue weighted by Gasteiger charge is -2.21. The van der Waals surface area contributed by atoms with Crippen LogP contribution in [0.5, 0.6) is 0 Å². The fourth-order valence-electron chi connectivity index (χ4n) is 0.714. The van der Waals surface area contributed by atoms with Gasteiger partial charge in [0.2, 0.25) is 0 Å². The first-order valence-electron chi connectivity index (χ1n) is 3.40. The second-order valence-electron chi connectivity index (χ2n) is 2.35. The number of carboxylic acid groups (broad SMARTS) is 1. The van der Waals surface area contributed by atoms with Crippen LogP contribution in [0.2, 0.25) is 0 Å². The van der Waals surface area contributed by atoms with Gasteiger partial charge in [-0.3, -0.25) is 9.69 Å². The van der Waals surface area contributed by atoms with Gasteiger partial charge >= 0.3 is 5.97 Å². The van der Waals surface area contributed by atoms with Crippen LogP contribution in [0.3, 0.4) is 0 Å². The Morgan fingerprint density at radius 3 is 2.58 bits per heavy atom. The highest BCUT2D eigenvalue weighted by Crippen LogP contribution is 1.91. The summed E-state index contributed by atoms with van der Waals surface area (Å²) in [5.41, 5.74) is 5.49. The number of carbonyl (C=O) groups is 1. The van der Waals surface area contributed by atoms with Crippen molar-refractivity contribution in [3.63, 3.8) is 0 Å². The minimum Gasteiger partial charge on any atom is -0.480 e. The number of carboxylic acids is 1. The van der Waals surface area contributed by atoms with Gasteiger partial charge in [-0.05, 0) is 6.92 Å². The summed E-state index contributed by atoms with van der Waals surface area (Å²) in [6, 6.07) is 0. The summed E-state index contributed by atoms with van der Waals surface area (Å²) in [6.07, 6.45) is 1.39. The lowest BCUT2D eigenvalue weighted by atomic mass is 10.4. The molecule has 1 atom stereocenters. The normalized spacial score (nSPS) is 11.9. The van der Waals surface area contributed by atoms with Gasteiger partial charge in [0.15, 0.2) is 0 Å². The van der Waals surface area contributed by atoms with Crippen molar-refractivity contribution in [3.8, 4) is 0 Å². The summed E-state index contributed by atoms with van der Waals surface area (Å²) in [5, 5.41) is 8.43. The highest BCUT2D eigenvalue weighted by Gasteiger charge is 2.10. The highest BCUT2D eigenvalue weighted by atomic mass is 35.5. The van der Waals surface area contributed by atoms with Crippen LogP contribution in [0.4, 0.5) is 0 Å². The molecule has 0 aliphatic carbocycles. The first-order chi connectivity index (χ1) is 5.07. The van der Waals surface area contributed by atoms with Gasteiger partial charge in [-0.25, -0.2) is 0 Å². The first-order valence-corrected chi connectivity index (χ1v) is 3.40. The van der Waals surface area contributed by atoms with E-state index in [-0.39, 0.29) is 25.1 Å². The fraction of sp³-hybridized carbons (Fsp3) is 0.571. The van der Waals surface area contributed by atoms with Crippen LogP contribution in [0.1, 0.15) is 6.92 Å². The van der Waals surface area contributed by atoms with Gasteiger partial charge in [-0.1, -0.05) is 6.08 Å². The smallest absolute Gasteiger partial charge is 0.317 e. The van der Waals surface area contributed by atoms with Crippen LogP contribution < -0.4 is 5.73 Å². The van der Waals surface area contributed by atoms with Gasteiger partial charge < -0.3 is 10.8 Å². The van der Waals surface area contributed by atoms with E-state index in [0.29, 0.717) is 6.54 Å². The molecule has 5 heteroatoms. The van der Waals surface area contributed by atoms with E-state index in [1.165, 1.54) is 0 Å². The zero-order chi connectivity index (χ0) is 8.85. The molecule has 0 aliphatic heterocycles. The number of nitrogens with zero attached hydrogens (tertiary/aromatic N) is 1. The van der Waals surface area contributed by atoms with E-state index in [4.69, 9.17) is 10.8 Å². The molecule has 3 N–H and O–H groups in total. The summed E-state index contributed by atoms with van der Waals surface area (Å²) in [5.74, 6) is -0.871. The molecule has 0 radical (unpaired) electrons. The molecule has 0 saturated heterocycles. The van der Waals surface area contributed by atoms with Gasteiger partial charge in [0.1, 0.15) is 0 Å². The van der Waals surface area contributed by atoms with Crippen LogP contribution in [-0.4, -0.2) is 35.2 Å². The average molecular weight is 195 g/mol. The van der Waals surface area contributed by atoms with E-state index in [9.17, 15) is 4.79 Å². The topological polar surface area (TPSA) is 66.6 Å². The molecule has 0 heterocycles. The molecule has 12 heavy (non-hydrogen) atoms. The second kappa shape index (κ2) is 7.09. The monoisotopic (exact) mass is 194 g/mol. The maximum Gasteiger partial charge on any atom is 0.317 e. The number of hydrogen-bond acceptors (Lipinski definition) is 3. The zero-order valence-corrected chi connectivity index (χ0v) is 7.88. The standard InChI is InChI=1S/C7H14N2O2.ClH/c1-3-4-9(6(2)8)5-7(10)11;/h3,6H,1,4-5,8H2,2H3,(H,10,11);1H. The molecule has 0 aromatic rings. The van der Waals surface area contributed by atoms with E-state index in [1.807, 2.05) is 0 Å². The van der Waals surface area contributed by atoms with Crippen LogP contribution in [0, 0.1) is 0 Å². The quantitative estimate of drug-likeness (QED) is 0.488. The average Bonchev–Trinajstić information content (AvgIpc) is 1.86. The number of hydrogen-bond donors (Lipinski definition) is 2. The molecule has 0 aromatic heterocycles. The second-order valence-corrected chi connectivity index (χ2v) is 2.35. The Hall–Kier alpha value is -0.580. The summed E-state index contributed by atoms with van der Waals surface area (Å²) < 4.78 is 0. The number of nitrogens with two attached hydrogens (primary N) is 1. The third kappa shape index (κ3) is 6.15. The number of halogens is 1. The molecule has 0 aliphatic rings. The predicted molar refractivity (Wildman–Crippen MR) is 50.3 cm³/mol. The molecular weight excluding hydrogens is 180 g/mol. The molecule has 0 aromatic carbocycles. The van der Waals surface area contributed by atoms with Crippen molar-refractivity contribution >= 4 is 18.4 Å². The minimum atomic E-state index is -0.871. The summed E-state index contributed by atoms with van der Waals surface area (Å²) >= 11 is 0. The predicted octanol–water partition coefficient (Wildman–Crippen LogP) is 0.285. The maximum atomic E-state index is 10.3. The lowest BCUT2D eigenvalue weighted by molar-refractivity contribution is -0.138. The van der Waals surface area contributed by atoms with Gasteiger partial charge in [-0.2, -0.15) is 0 Å². The van der Waals surface area contributed by atoms with Crippen molar-refractivity contribution in [1.82, 2.24) is 4.90 Å². The van der Waals surface area contributed by atoms with E-state index >= 15 is 0 Å². The minimum absolute atomic E-state index is 0. The Kier molecular flexibility index (Phi) is 8.26. The van der Waals surface area contributed by atoms with Gasteiger partial charge in [0.05, 0.1) is 12.7 Å². The molecule has 0 saturated carbocycles. The summed E-state index contributed by atoms with van der Waals surface area (Å²) in [4.78, 5) is 11.9.